The summed E-state index contributed by atoms with van der Waals surface area (Å²) in [6, 6.07) is 17.6. The fourth-order valence-electron chi connectivity index (χ4n) is 2.03. The predicted octanol–water partition coefficient (Wildman–Crippen LogP) is 3.01. The molecule has 0 aliphatic heterocycles. The first-order chi connectivity index (χ1) is 9.20. The van der Waals surface area contributed by atoms with Gasteiger partial charge < -0.3 is 10.8 Å². The van der Waals surface area contributed by atoms with Gasteiger partial charge in [-0.05, 0) is 29.5 Å². The summed E-state index contributed by atoms with van der Waals surface area (Å²) in [7, 11) is 0. The fourth-order valence-corrected chi connectivity index (χ4v) is 2.44. The van der Waals surface area contributed by atoms with Crippen molar-refractivity contribution >= 4 is 11.8 Å². The molecular weight excluding hydrogens is 254 g/mol. The minimum Gasteiger partial charge on any atom is -0.391 e. The Labute approximate surface area is 118 Å². The molecule has 0 aliphatic rings. The van der Waals surface area contributed by atoms with Crippen LogP contribution in [0.3, 0.4) is 0 Å². The first-order valence-corrected chi connectivity index (χ1v) is 7.54. The highest BCUT2D eigenvalue weighted by Crippen LogP contribution is 2.21. The van der Waals surface area contributed by atoms with E-state index >= 15 is 0 Å². The van der Waals surface area contributed by atoms with Gasteiger partial charge in [0.1, 0.15) is 0 Å². The van der Waals surface area contributed by atoms with Crippen molar-refractivity contribution in [2.24, 2.45) is 5.73 Å². The summed E-state index contributed by atoms with van der Waals surface area (Å²) in [6.45, 7) is 0. The van der Waals surface area contributed by atoms with E-state index in [2.05, 4.69) is 0 Å². The van der Waals surface area contributed by atoms with E-state index in [0.717, 1.165) is 11.1 Å². The minimum atomic E-state index is -0.567. The lowest BCUT2D eigenvalue weighted by Gasteiger charge is -2.19. The van der Waals surface area contributed by atoms with E-state index in [4.69, 9.17) is 5.73 Å². The SMILES string of the molecule is CSc1ccc([C@H](N)[C@H](O)Cc2ccccc2)cc1. The van der Waals surface area contributed by atoms with Crippen LogP contribution in [0.2, 0.25) is 0 Å². The van der Waals surface area contributed by atoms with Crippen molar-refractivity contribution in [2.45, 2.75) is 23.5 Å². The predicted molar refractivity (Wildman–Crippen MR) is 81.3 cm³/mol. The van der Waals surface area contributed by atoms with Gasteiger partial charge in [0, 0.05) is 11.3 Å². The molecule has 0 saturated carbocycles. The summed E-state index contributed by atoms with van der Waals surface area (Å²) in [5.74, 6) is 0. The van der Waals surface area contributed by atoms with E-state index in [9.17, 15) is 5.11 Å². The topological polar surface area (TPSA) is 46.2 Å². The average Bonchev–Trinajstić information content (AvgIpc) is 2.47. The van der Waals surface area contributed by atoms with Crippen molar-refractivity contribution in [3.8, 4) is 0 Å². The second-order valence-electron chi connectivity index (χ2n) is 4.56. The number of thioether (sulfide) groups is 1. The highest BCUT2D eigenvalue weighted by molar-refractivity contribution is 7.98. The molecule has 0 amide bonds. The maximum absolute atomic E-state index is 10.2. The van der Waals surface area contributed by atoms with Gasteiger partial charge in [0.25, 0.3) is 0 Å². The molecule has 0 heterocycles. The van der Waals surface area contributed by atoms with Crippen molar-refractivity contribution in [3.63, 3.8) is 0 Å². The molecule has 0 aliphatic carbocycles. The quantitative estimate of drug-likeness (QED) is 0.823. The Bertz CT molecular complexity index is 498. The average molecular weight is 273 g/mol. The molecule has 2 atom stereocenters. The lowest BCUT2D eigenvalue weighted by Crippen LogP contribution is -2.28. The third kappa shape index (κ3) is 3.83. The van der Waals surface area contributed by atoms with Crippen LogP contribution in [-0.2, 0) is 6.42 Å². The molecule has 0 saturated heterocycles. The van der Waals surface area contributed by atoms with E-state index in [1.54, 1.807) is 11.8 Å². The zero-order valence-corrected chi connectivity index (χ0v) is 11.8. The molecule has 0 unspecified atom stereocenters. The van der Waals surface area contributed by atoms with Crippen LogP contribution in [0.5, 0.6) is 0 Å². The first kappa shape index (κ1) is 14.1. The zero-order chi connectivity index (χ0) is 13.7. The molecular formula is C16H19NOS. The van der Waals surface area contributed by atoms with Gasteiger partial charge in [-0.15, -0.1) is 11.8 Å². The number of hydrogen-bond acceptors (Lipinski definition) is 3. The van der Waals surface area contributed by atoms with Crippen LogP contribution in [-0.4, -0.2) is 17.5 Å². The summed E-state index contributed by atoms with van der Waals surface area (Å²) >= 11 is 1.70. The van der Waals surface area contributed by atoms with Gasteiger partial charge in [-0.2, -0.15) is 0 Å². The number of nitrogens with two attached hydrogens (primary N) is 1. The fraction of sp³-hybridized carbons (Fsp3) is 0.250. The van der Waals surface area contributed by atoms with Crippen LogP contribution >= 0.6 is 11.8 Å². The van der Waals surface area contributed by atoms with E-state index < -0.39 is 6.10 Å². The van der Waals surface area contributed by atoms with Gasteiger partial charge in [-0.1, -0.05) is 42.5 Å². The minimum absolute atomic E-state index is 0.351. The van der Waals surface area contributed by atoms with Crippen LogP contribution in [0.25, 0.3) is 0 Å². The summed E-state index contributed by atoms with van der Waals surface area (Å²) < 4.78 is 0. The molecule has 100 valence electrons. The van der Waals surface area contributed by atoms with E-state index in [-0.39, 0.29) is 6.04 Å². The highest BCUT2D eigenvalue weighted by Gasteiger charge is 2.17. The van der Waals surface area contributed by atoms with Crippen LogP contribution in [0.15, 0.2) is 59.5 Å². The Hall–Kier alpha value is -1.29. The molecule has 2 aromatic rings. The first-order valence-electron chi connectivity index (χ1n) is 6.32. The second kappa shape index (κ2) is 6.75. The molecule has 3 N–H and O–H groups in total. The monoisotopic (exact) mass is 273 g/mol. The summed E-state index contributed by atoms with van der Waals surface area (Å²) in [5, 5.41) is 10.2. The Kier molecular flexibility index (Phi) is 5.02. The molecule has 0 fully saturated rings. The van der Waals surface area contributed by atoms with Gasteiger partial charge in [0.2, 0.25) is 0 Å². The van der Waals surface area contributed by atoms with Crippen LogP contribution < -0.4 is 5.73 Å². The molecule has 3 heteroatoms. The van der Waals surface area contributed by atoms with Gasteiger partial charge in [-0.3, -0.25) is 0 Å². The van der Waals surface area contributed by atoms with Crippen molar-refractivity contribution in [3.05, 3.63) is 65.7 Å². The molecule has 0 aromatic heterocycles. The van der Waals surface area contributed by atoms with Crippen molar-refractivity contribution in [1.29, 1.82) is 0 Å². The van der Waals surface area contributed by atoms with E-state index in [1.807, 2.05) is 60.9 Å². The van der Waals surface area contributed by atoms with Gasteiger partial charge >= 0.3 is 0 Å². The lowest BCUT2D eigenvalue weighted by atomic mass is 9.97. The van der Waals surface area contributed by atoms with Gasteiger partial charge in [0.15, 0.2) is 0 Å². The van der Waals surface area contributed by atoms with Gasteiger partial charge in [-0.25, -0.2) is 0 Å². The largest absolute Gasteiger partial charge is 0.391 e. The van der Waals surface area contributed by atoms with Crippen molar-refractivity contribution in [2.75, 3.05) is 6.26 Å². The molecule has 0 bridgehead atoms. The highest BCUT2D eigenvalue weighted by atomic mass is 32.2. The molecule has 0 spiro atoms. The van der Waals surface area contributed by atoms with Crippen LogP contribution in [0.4, 0.5) is 0 Å². The maximum Gasteiger partial charge on any atom is 0.0773 e. The number of aliphatic hydroxyl groups excluding tert-OH is 1. The zero-order valence-electron chi connectivity index (χ0n) is 11.0. The van der Waals surface area contributed by atoms with Crippen LogP contribution in [0, 0.1) is 0 Å². The standard InChI is InChI=1S/C16H19NOS/c1-19-14-9-7-13(8-10-14)16(17)15(18)11-12-5-3-2-4-6-12/h2-10,15-16,18H,11,17H2,1H3/t15-,16+/m1/s1. The Morgan fingerprint density at radius 2 is 1.68 bits per heavy atom. The summed E-state index contributed by atoms with van der Waals surface area (Å²) in [4.78, 5) is 1.20. The molecule has 2 nitrogen and oxygen atoms in total. The Balaban J connectivity index is 2.03. The molecule has 19 heavy (non-hydrogen) atoms. The molecule has 2 rings (SSSR count). The summed E-state index contributed by atoms with van der Waals surface area (Å²) in [5.41, 5.74) is 8.20. The molecule has 0 radical (unpaired) electrons. The van der Waals surface area contributed by atoms with Crippen molar-refractivity contribution in [1.82, 2.24) is 0 Å². The van der Waals surface area contributed by atoms with Crippen molar-refractivity contribution < 1.29 is 5.11 Å². The summed E-state index contributed by atoms with van der Waals surface area (Å²) in [6.07, 6.45) is 2.05. The number of hydrogen-bond donors (Lipinski definition) is 2. The van der Waals surface area contributed by atoms with Crippen LogP contribution in [0.1, 0.15) is 17.2 Å². The van der Waals surface area contributed by atoms with E-state index in [1.165, 1.54) is 4.90 Å². The maximum atomic E-state index is 10.2. The molecule has 2 aromatic carbocycles. The Morgan fingerprint density at radius 3 is 2.26 bits per heavy atom. The normalized spacial score (nSPS) is 14.1. The number of benzene rings is 2. The number of rotatable bonds is 5. The second-order valence-corrected chi connectivity index (χ2v) is 5.44. The Morgan fingerprint density at radius 1 is 1.05 bits per heavy atom. The number of aliphatic hydroxyl groups is 1. The van der Waals surface area contributed by atoms with Gasteiger partial charge in [0.05, 0.1) is 12.1 Å². The third-order valence-electron chi connectivity index (χ3n) is 3.20. The smallest absolute Gasteiger partial charge is 0.0773 e. The van der Waals surface area contributed by atoms with E-state index in [0.29, 0.717) is 6.42 Å². The third-order valence-corrected chi connectivity index (χ3v) is 3.95. The lowest BCUT2D eigenvalue weighted by molar-refractivity contribution is 0.145.